The van der Waals surface area contributed by atoms with Gasteiger partial charge in [-0.15, -0.1) is 23.1 Å². The number of thiophene rings is 1. The number of para-hydroxylation sites is 1. The summed E-state index contributed by atoms with van der Waals surface area (Å²) < 4.78 is 10.8. The quantitative estimate of drug-likeness (QED) is 0.485. The molecule has 7 heteroatoms. The molecule has 0 aliphatic rings. The summed E-state index contributed by atoms with van der Waals surface area (Å²) in [6.07, 6.45) is 1.60. The van der Waals surface area contributed by atoms with Crippen LogP contribution in [0.4, 0.5) is 0 Å². The smallest absolute Gasteiger partial charge is 0.260 e. The van der Waals surface area contributed by atoms with Crippen LogP contribution < -0.4 is 10.3 Å². The van der Waals surface area contributed by atoms with Crippen molar-refractivity contribution < 1.29 is 9.15 Å². The molecule has 1 atom stereocenters. The van der Waals surface area contributed by atoms with Gasteiger partial charge in [-0.1, -0.05) is 12.1 Å². The number of hydrogen-bond acceptors (Lipinski definition) is 6. The number of methoxy groups -OCH3 is 1. The van der Waals surface area contributed by atoms with E-state index in [1.807, 2.05) is 42.6 Å². The van der Waals surface area contributed by atoms with Crippen LogP contribution in [0.25, 0.3) is 21.5 Å². The van der Waals surface area contributed by atoms with E-state index in [0.29, 0.717) is 21.8 Å². The zero-order valence-electron chi connectivity index (χ0n) is 14.2. The summed E-state index contributed by atoms with van der Waals surface area (Å²) in [4.78, 5) is 22.0. The van der Waals surface area contributed by atoms with Gasteiger partial charge in [0, 0.05) is 10.9 Å². The molecule has 0 saturated heterocycles. The average molecular weight is 384 g/mol. The number of nitrogens with one attached hydrogen (secondary N) is 1. The van der Waals surface area contributed by atoms with Gasteiger partial charge in [0.05, 0.1) is 28.9 Å². The topological polar surface area (TPSA) is 68.1 Å². The molecule has 132 valence electrons. The standard InChI is InChI=1S/C19H16N2O3S2/c1-11(26-15-8-4-3-6-14(15)23-2)17-20-18(22)16-12(10-25-19(16)21-17)13-7-5-9-24-13/h3-11H,1-2H3,(H,20,21,22). The van der Waals surface area contributed by atoms with Crippen LogP contribution in [0.15, 0.2) is 62.1 Å². The average Bonchev–Trinajstić information content (AvgIpc) is 3.31. The second-order valence-electron chi connectivity index (χ2n) is 5.67. The number of fused-ring (bicyclic) bond motifs is 1. The second-order valence-corrected chi connectivity index (χ2v) is 7.91. The van der Waals surface area contributed by atoms with Gasteiger partial charge in [0.25, 0.3) is 5.56 Å². The minimum absolute atomic E-state index is 0.0300. The van der Waals surface area contributed by atoms with Crippen LogP contribution in [0, 0.1) is 0 Å². The molecule has 1 N–H and O–H groups in total. The van der Waals surface area contributed by atoms with E-state index in [9.17, 15) is 4.79 Å². The Bertz CT molecular complexity index is 1100. The molecule has 26 heavy (non-hydrogen) atoms. The number of rotatable bonds is 5. The zero-order valence-corrected chi connectivity index (χ0v) is 15.8. The highest BCUT2D eigenvalue weighted by molar-refractivity contribution is 7.99. The van der Waals surface area contributed by atoms with Crippen LogP contribution in [0.1, 0.15) is 18.0 Å². The molecule has 3 heterocycles. The van der Waals surface area contributed by atoms with Gasteiger partial charge in [-0.3, -0.25) is 4.79 Å². The van der Waals surface area contributed by atoms with E-state index < -0.39 is 0 Å². The number of benzene rings is 1. The fourth-order valence-electron chi connectivity index (χ4n) is 2.73. The van der Waals surface area contributed by atoms with Crippen molar-refractivity contribution in [3.8, 4) is 17.1 Å². The highest BCUT2D eigenvalue weighted by atomic mass is 32.2. The predicted octanol–water partition coefficient (Wildman–Crippen LogP) is 5.11. The van der Waals surface area contributed by atoms with Crippen LogP contribution in [-0.2, 0) is 0 Å². The van der Waals surface area contributed by atoms with Crippen LogP contribution in [0.3, 0.4) is 0 Å². The molecule has 1 unspecified atom stereocenters. The minimum Gasteiger partial charge on any atom is -0.496 e. The van der Waals surface area contributed by atoms with Crippen LogP contribution >= 0.6 is 23.1 Å². The van der Waals surface area contributed by atoms with Gasteiger partial charge in [0.1, 0.15) is 22.2 Å². The van der Waals surface area contributed by atoms with Crippen molar-refractivity contribution in [2.45, 2.75) is 17.1 Å². The Kier molecular flexibility index (Phi) is 4.57. The van der Waals surface area contributed by atoms with Gasteiger partial charge >= 0.3 is 0 Å². The summed E-state index contributed by atoms with van der Waals surface area (Å²) in [5, 5.41) is 2.45. The number of aromatic amines is 1. The summed E-state index contributed by atoms with van der Waals surface area (Å²) >= 11 is 3.04. The van der Waals surface area contributed by atoms with Gasteiger partial charge in [0.15, 0.2) is 0 Å². The van der Waals surface area contributed by atoms with E-state index in [0.717, 1.165) is 16.2 Å². The molecular weight excluding hydrogens is 368 g/mol. The molecule has 0 spiro atoms. The largest absolute Gasteiger partial charge is 0.496 e. The first kappa shape index (κ1) is 16.9. The maximum absolute atomic E-state index is 12.7. The third-order valence-corrected chi connectivity index (χ3v) is 6.05. The molecule has 0 bridgehead atoms. The lowest BCUT2D eigenvalue weighted by atomic mass is 10.2. The Hall–Kier alpha value is -2.51. The highest BCUT2D eigenvalue weighted by Gasteiger charge is 2.18. The lowest BCUT2D eigenvalue weighted by Gasteiger charge is -2.13. The second kappa shape index (κ2) is 7.01. The molecule has 0 amide bonds. The van der Waals surface area contributed by atoms with Gasteiger partial charge in [0.2, 0.25) is 0 Å². The lowest BCUT2D eigenvalue weighted by Crippen LogP contribution is -2.12. The van der Waals surface area contributed by atoms with E-state index in [2.05, 4.69) is 9.97 Å². The summed E-state index contributed by atoms with van der Waals surface area (Å²) in [5.74, 6) is 2.13. The molecular formula is C19H16N2O3S2. The molecule has 0 fully saturated rings. The first-order chi connectivity index (χ1) is 12.7. The zero-order chi connectivity index (χ0) is 18.1. The third-order valence-electron chi connectivity index (χ3n) is 4.01. The summed E-state index contributed by atoms with van der Waals surface area (Å²) in [6, 6.07) is 11.5. The number of thioether (sulfide) groups is 1. The molecule has 4 aromatic rings. The maximum atomic E-state index is 12.7. The monoisotopic (exact) mass is 384 g/mol. The lowest BCUT2D eigenvalue weighted by molar-refractivity contribution is 0.404. The number of H-pyrrole nitrogens is 1. The fraction of sp³-hybridized carbons (Fsp3) is 0.158. The van der Waals surface area contributed by atoms with Crippen molar-refractivity contribution in [3.05, 3.63) is 64.2 Å². The van der Waals surface area contributed by atoms with Gasteiger partial charge in [-0.25, -0.2) is 4.98 Å². The molecule has 0 aliphatic heterocycles. The summed E-state index contributed by atoms with van der Waals surface area (Å²) in [5.41, 5.74) is 0.630. The fourth-order valence-corrected chi connectivity index (χ4v) is 4.70. The number of hydrogen-bond donors (Lipinski definition) is 1. The highest BCUT2D eigenvalue weighted by Crippen LogP contribution is 2.39. The molecule has 1 aromatic carbocycles. The molecule has 5 nitrogen and oxygen atoms in total. The number of aromatic nitrogens is 2. The Morgan fingerprint density at radius 1 is 1.27 bits per heavy atom. The first-order valence-electron chi connectivity index (χ1n) is 8.02. The molecule has 0 radical (unpaired) electrons. The first-order valence-corrected chi connectivity index (χ1v) is 9.78. The molecule has 3 aromatic heterocycles. The maximum Gasteiger partial charge on any atom is 0.260 e. The van der Waals surface area contributed by atoms with E-state index in [-0.39, 0.29) is 10.8 Å². The predicted molar refractivity (Wildman–Crippen MR) is 105 cm³/mol. The van der Waals surface area contributed by atoms with Crippen molar-refractivity contribution in [1.82, 2.24) is 9.97 Å². The Morgan fingerprint density at radius 2 is 2.12 bits per heavy atom. The van der Waals surface area contributed by atoms with Gasteiger partial charge < -0.3 is 14.1 Å². The van der Waals surface area contributed by atoms with Crippen LogP contribution in [-0.4, -0.2) is 17.1 Å². The summed E-state index contributed by atoms with van der Waals surface area (Å²) in [7, 11) is 1.65. The van der Waals surface area contributed by atoms with Gasteiger partial charge in [-0.05, 0) is 31.2 Å². The SMILES string of the molecule is COc1ccccc1SC(C)c1nc2scc(-c3ccco3)c2c(=O)[nH]1. The van der Waals surface area contributed by atoms with E-state index in [1.165, 1.54) is 11.3 Å². The Labute approximate surface area is 158 Å². The van der Waals surface area contributed by atoms with E-state index >= 15 is 0 Å². The van der Waals surface area contributed by atoms with Crippen molar-refractivity contribution in [1.29, 1.82) is 0 Å². The van der Waals surface area contributed by atoms with Crippen LogP contribution in [0.5, 0.6) is 5.75 Å². The molecule has 4 rings (SSSR count). The van der Waals surface area contributed by atoms with Crippen molar-refractivity contribution in [2.24, 2.45) is 0 Å². The van der Waals surface area contributed by atoms with Crippen molar-refractivity contribution in [2.75, 3.05) is 7.11 Å². The van der Waals surface area contributed by atoms with Crippen molar-refractivity contribution in [3.63, 3.8) is 0 Å². The minimum atomic E-state index is -0.148. The molecule has 0 saturated carbocycles. The number of furan rings is 1. The van der Waals surface area contributed by atoms with E-state index in [1.54, 1.807) is 31.2 Å². The Balaban J connectivity index is 1.70. The van der Waals surface area contributed by atoms with Crippen molar-refractivity contribution >= 4 is 33.3 Å². The Morgan fingerprint density at radius 3 is 2.88 bits per heavy atom. The van der Waals surface area contributed by atoms with E-state index in [4.69, 9.17) is 9.15 Å². The van der Waals surface area contributed by atoms with Crippen LogP contribution in [0.2, 0.25) is 0 Å². The third kappa shape index (κ3) is 3.04. The summed E-state index contributed by atoms with van der Waals surface area (Å²) in [6.45, 7) is 2.02. The molecule has 0 aliphatic carbocycles. The number of ether oxygens (including phenoxy) is 1. The van der Waals surface area contributed by atoms with Gasteiger partial charge in [-0.2, -0.15) is 0 Å². The number of nitrogens with zero attached hydrogens (tertiary/aromatic N) is 1. The normalized spacial score (nSPS) is 12.4.